The first-order valence-corrected chi connectivity index (χ1v) is 7.50. The van der Waals surface area contributed by atoms with Crippen LogP contribution in [0.3, 0.4) is 0 Å². The van der Waals surface area contributed by atoms with Crippen molar-refractivity contribution < 1.29 is 4.79 Å². The average Bonchev–Trinajstić information content (AvgIpc) is 2.35. The van der Waals surface area contributed by atoms with Gasteiger partial charge in [0.1, 0.15) is 6.29 Å². The van der Waals surface area contributed by atoms with Gasteiger partial charge in [-0.25, -0.2) is 0 Å². The predicted octanol–water partition coefficient (Wildman–Crippen LogP) is 5.44. The zero-order valence-electron chi connectivity index (χ0n) is 11.6. The number of hydrogen-bond donors (Lipinski definition) is 0. The normalized spacial score (nSPS) is 11.1. The summed E-state index contributed by atoms with van der Waals surface area (Å²) in [5.74, 6) is 0. The predicted molar refractivity (Wildman–Crippen MR) is 76.3 cm³/mol. The van der Waals surface area contributed by atoms with Crippen LogP contribution < -0.4 is 0 Å². The van der Waals surface area contributed by atoms with Crippen molar-refractivity contribution in [1.29, 1.82) is 0 Å². The van der Waals surface area contributed by atoms with E-state index in [0.29, 0.717) is 0 Å². The summed E-state index contributed by atoms with van der Waals surface area (Å²) in [7, 11) is 0. The number of unbranched alkanes of at least 4 members (excludes halogenated alkanes) is 10. The van der Waals surface area contributed by atoms with Crippen molar-refractivity contribution >= 4 is 6.29 Å². The Balaban J connectivity index is 3.01. The molecule has 0 N–H and O–H groups in total. The van der Waals surface area contributed by atoms with Crippen molar-refractivity contribution in [1.82, 2.24) is 0 Å². The van der Waals surface area contributed by atoms with Gasteiger partial charge in [-0.05, 0) is 32.1 Å². The SMILES string of the molecule is CCCCCCCCCC=CCCCCC=O. The Morgan fingerprint density at radius 2 is 1.12 bits per heavy atom. The van der Waals surface area contributed by atoms with E-state index in [-0.39, 0.29) is 0 Å². The van der Waals surface area contributed by atoms with Gasteiger partial charge in [0.15, 0.2) is 0 Å². The highest BCUT2D eigenvalue weighted by atomic mass is 16.1. The number of rotatable bonds is 13. The number of carbonyl (C=O) groups is 1. The second kappa shape index (κ2) is 15.4. The summed E-state index contributed by atoms with van der Waals surface area (Å²) >= 11 is 0. The standard InChI is InChI=1S/C16H30O/c1-2-3-4-5-6-7-8-9-10-11-12-13-14-15-16-17/h10-11,16H,2-9,12-15H2,1H3. The zero-order chi connectivity index (χ0) is 12.6. The van der Waals surface area contributed by atoms with Gasteiger partial charge in [0.25, 0.3) is 0 Å². The Hall–Kier alpha value is -0.590. The topological polar surface area (TPSA) is 17.1 Å². The lowest BCUT2D eigenvalue weighted by atomic mass is 10.1. The van der Waals surface area contributed by atoms with E-state index in [4.69, 9.17) is 0 Å². The first-order chi connectivity index (χ1) is 8.41. The number of carbonyl (C=O) groups excluding carboxylic acids is 1. The smallest absolute Gasteiger partial charge is 0.119 e. The molecule has 0 aliphatic heterocycles. The summed E-state index contributed by atoms with van der Waals surface area (Å²) in [5.41, 5.74) is 0. The van der Waals surface area contributed by atoms with Gasteiger partial charge in [-0.3, -0.25) is 0 Å². The van der Waals surface area contributed by atoms with Gasteiger partial charge in [0.05, 0.1) is 0 Å². The van der Waals surface area contributed by atoms with E-state index in [1.165, 1.54) is 51.4 Å². The molecule has 100 valence electrons. The van der Waals surface area contributed by atoms with Crippen LogP contribution in [-0.4, -0.2) is 6.29 Å². The van der Waals surface area contributed by atoms with Crippen molar-refractivity contribution in [3.63, 3.8) is 0 Å². The fourth-order valence-electron chi connectivity index (χ4n) is 1.94. The molecule has 0 aliphatic carbocycles. The molecule has 0 saturated carbocycles. The Morgan fingerprint density at radius 1 is 0.647 bits per heavy atom. The highest BCUT2D eigenvalue weighted by Crippen LogP contribution is 2.09. The van der Waals surface area contributed by atoms with E-state index in [1.807, 2.05) is 0 Å². The molecule has 0 fully saturated rings. The highest BCUT2D eigenvalue weighted by molar-refractivity contribution is 5.48. The second-order valence-corrected chi connectivity index (χ2v) is 4.83. The van der Waals surface area contributed by atoms with Crippen molar-refractivity contribution in [2.24, 2.45) is 0 Å². The lowest BCUT2D eigenvalue weighted by Crippen LogP contribution is -1.79. The molecule has 0 aromatic rings. The van der Waals surface area contributed by atoms with Gasteiger partial charge in [0.2, 0.25) is 0 Å². The zero-order valence-corrected chi connectivity index (χ0v) is 11.6. The summed E-state index contributed by atoms with van der Waals surface area (Å²) in [5, 5.41) is 0. The summed E-state index contributed by atoms with van der Waals surface area (Å²) < 4.78 is 0. The van der Waals surface area contributed by atoms with Gasteiger partial charge in [-0.15, -0.1) is 0 Å². The quantitative estimate of drug-likeness (QED) is 0.237. The molecule has 0 amide bonds. The molecule has 17 heavy (non-hydrogen) atoms. The van der Waals surface area contributed by atoms with E-state index < -0.39 is 0 Å². The Labute approximate surface area is 108 Å². The molecule has 0 aliphatic rings. The summed E-state index contributed by atoms with van der Waals surface area (Å²) in [4.78, 5) is 10.1. The number of hydrogen-bond acceptors (Lipinski definition) is 1. The maximum Gasteiger partial charge on any atom is 0.119 e. The molecule has 0 atom stereocenters. The third kappa shape index (κ3) is 15.4. The molecule has 0 rings (SSSR count). The summed E-state index contributed by atoms with van der Waals surface area (Å²) in [6, 6.07) is 0. The van der Waals surface area contributed by atoms with Crippen LogP contribution in [0.5, 0.6) is 0 Å². The van der Waals surface area contributed by atoms with Crippen LogP contribution in [0.4, 0.5) is 0 Å². The average molecular weight is 238 g/mol. The molecular weight excluding hydrogens is 208 g/mol. The molecule has 0 unspecified atom stereocenters. The van der Waals surface area contributed by atoms with Gasteiger partial charge >= 0.3 is 0 Å². The van der Waals surface area contributed by atoms with Gasteiger partial charge in [0, 0.05) is 6.42 Å². The van der Waals surface area contributed by atoms with Crippen LogP contribution in [0.15, 0.2) is 12.2 Å². The fraction of sp³-hybridized carbons (Fsp3) is 0.812. The first-order valence-electron chi connectivity index (χ1n) is 7.50. The summed E-state index contributed by atoms with van der Waals surface area (Å²) in [6.07, 6.45) is 20.6. The highest BCUT2D eigenvalue weighted by Gasteiger charge is 1.89. The molecule has 0 aromatic carbocycles. The van der Waals surface area contributed by atoms with Gasteiger partial charge in [-0.1, -0.05) is 57.6 Å². The third-order valence-electron chi connectivity index (χ3n) is 3.08. The van der Waals surface area contributed by atoms with Crippen LogP contribution >= 0.6 is 0 Å². The van der Waals surface area contributed by atoms with E-state index in [0.717, 1.165) is 32.0 Å². The lowest BCUT2D eigenvalue weighted by molar-refractivity contribution is -0.107. The van der Waals surface area contributed by atoms with Crippen molar-refractivity contribution in [2.75, 3.05) is 0 Å². The van der Waals surface area contributed by atoms with E-state index in [2.05, 4.69) is 19.1 Å². The number of allylic oxidation sites excluding steroid dienone is 2. The van der Waals surface area contributed by atoms with E-state index in [9.17, 15) is 4.79 Å². The Kier molecular flexibility index (Phi) is 14.9. The van der Waals surface area contributed by atoms with Gasteiger partial charge in [-0.2, -0.15) is 0 Å². The van der Waals surface area contributed by atoms with Crippen LogP contribution in [0, 0.1) is 0 Å². The molecule has 1 heteroatoms. The molecule has 0 radical (unpaired) electrons. The van der Waals surface area contributed by atoms with Crippen LogP contribution in [-0.2, 0) is 4.79 Å². The van der Waals surface area contributed by atoms with Crippen molar-refractivity contribution in [3.8, 4) is 0 Å². The maximum absolute atomic E-state index is 10.1. The van der Waals surface area contributed by atoms with Crippen LogP contribution in [0.2, 0.25) is 0 Å². The lowest BCUT2D eigenvalue weighted by Gasteiger charge is -1.98. The Bertz CT molecular complexity index is 172. The Morgan fingerprint density at radius 3 is 1.71 bits per heavy atom. The molecule has 1 nitrogen and oxygen atoms in total. The van der Waals surface area contributed by atoms with Crippen molar-refractivity contribution in [3.05, 3.63) is 12.2 Å². The largest absolute Gasteiger partial charge is 0.303 e. The second-order valence-electron chi connectivity index (χ2n) is 4.83. The monoisotopic (exact) mass is 238 g/mol. The van der Waals surface area contributed by atoms with Crippen LogP contribution in [0.1, 0.15) is 84.0 Å². The third-order valence-corrected chi connectivity index (χ3v) is 3.08. The summed E-state index contributed by atoms with van der Waals surface area (Å²) in [6.45, 7) is 2.26. The van der Waals surface area contributed by atoms with Crippen molar-refractivity contribution in [2.45, 2.75) is 84.0 Å². The maximum atomic E-state index is 10.1. The van der Waals surface area contributed by atoms with Crippen LogP contribution in [0.25, 0.3) is 0 Å². The molecule has 0 spiro atoms. The van der Waals surface area contributed by atoms with E-state index in [1.54, 1.807) is 0 Å². The van der Waals surface area contributed by atoms with E-state index >= 15 is 0 Å². The number of aldehydes is 1. The molecule has 0 saturated heterocycles. The minimum absolute atomic E-state index is 0.728. The fourth-order valence-corrected chi connectivity index (χ4v) is 1.94. The minimum Gasteiger partial charge on any atom is -0.303 e. The molecular formula is C16H30O. The molecule has 0 aromatic heterocycles. The van der Waals surface area contributed by atoms with Gasteiger partial charge < -0.3 is 4.79 Å². The molecule has 0 bridgehead atoms. The first kappa shape index (κ1) is 16.4. The molecule has 0 heterocycles. The minimum atomic E-state index is 0.728.